The van der Waals surface area contributed by atoms with E-state index in [9.17, 15) is 0 Å². The van der Waals surface area contributed by atoms with Crippen molar-refractivity contribution < 1.29 is 10.1 Å². The minimum atomic E-state index is 0.408. The number of aromatic nitrogens is 1. The van der Waals surface area contributed by atoms with Crippen LogP contribution in [-0.2, 0) is 0 Å². The van der Waals surface area contributed by atoms with Gasteiger partial charge in [0, 0.05) is 5.69 Å². The fraction of sp³-hybridized carbons (Fsp3) is 0.286. The molecule has 0 aliphatic heterocycles. The summed E-state index contributed by atoms with van der Waals surface area (Å²) in [6, 6.07) is 3.45. The largest absolute Gasteiger partial charge is 0.338 e. The molecule has 1 rings (SSSR count). The Morgan fingerprint density at radius 1 is 1.40 bits per heavy atom. The van der Waals surface area contributed by atoms with Gasteiger partial charge in [0.15, 0.2) is 5.75 Å². The Bertz CT molecular complexity index is 235. The van der Waals surface area contributed by atoms with Gasteiger partial charge in [-0.1, -0.05) is 0 Å². The zero-order chi connectivity index (χ0) is 7.56. The van der Waals surface area contributed by atoms with E-state index < -0.39 is 0 Å². The average molecular weight is 139 g/mol. The average Bonchev–Trinajstić information content (AvgIpc) is 1.88. The summed E-state index contributed by atoms with van der Waals surface area (Å²) < 4.78 is 0. The van der Waals surface area contributed by atoms with Gasteiger partial charge in [0.05, 0.1) is 5.69 Å². The second-order valence-electron chi connectivity index (χ2n) is 2.13. The van der Waals surface area contributed by atoms with E-state index in [-0.39, 0.29) is 0 Å². The number of rotatable bonds is 1. The third-order valence-corrected chi connectivity index (χ3v) is 1.27. The van der Waals surface area contributed by atoms with Gasteiger partial charge >= 0.3 is 0 Å². The summed E-state index contributed by atoms with van der Waals surface area (Å²) >= 11 is 0. The highest BCUT2D eigenvalue weighted by Crippen LogP contribution is 2.13. The molecule has 54 valence electrons. The van der Waals surface area contributed by atoms with Crippen molar-refractivity contribution in [2.24, 2.45) is 0 Å². The Labute approximate surface area is 59.2 Å². The molecule has 1 N–H and O–H groups in total. The van der Waals surface area contributed by atoms with Gasteiger partial charge in [-0.05, 0) is 26.0 Å². The summed E-state index contributed by atoms with van der Waals surface area (Å²) in [4.78, 5) is 8.10. The van der Waals surface area contributed by atoms with Crippen LogP contribution < -0.4 is 4.89 Å². The summed E-state index contributed by atoms with van der Waals surface area (Å²) in [6.45, 7) is 3.66. The molecule has 0 aliphatic carbocycles. The Hall–Kier alpha value is -1.09. The van der Waals surface area contributed by atoms with E-state index >= 15 is 0 Å². The molecule has 0 atom stereocenters. The molecule has 0 amide bonds. The summed E-state index contributed by atoms with van der Waals surface area (Å²) in [5.74, 6) is 0.408. The fourth-order valence-electron chi connectivity index (χ4n) is 0.770. The monoisotopic (exact) mass is 139 g/mol. The first-order valence-corrected chi connectivity index (χ1v) is 2.99. The van der Waals surface area contributed by atoms with E-state index in [0.29, 0.717) is 11.4 Å². The van der Waals surface area contributed by atoms with Gasteiger partial charge < -0.3 is 4.89 Å². The van der Waals surface area contributed by atoms with E-state index in [1.807, 2.05) is 6.92 Å². The van der Waals surface area contributed by atoms with E-state index in [0.717, 1.165) is 5.69 Å². The van der Waals surface area contributed by atoms with Crippen molar-refractivity contribution in [3.63, 3.8) is 0 Å². The van der Waals surface area contributed by atoms with Crippen molar-refractivity contribution in [2.75, 3.05) is 0 Å². The highest BCUT2D eigenvalue weighted by Gasteiger charge is 1.98. The predicted molar refractivity (Wildman–Crippen MR) is 37.0 cm³/mol. The SMILES string of the molecule is Cc1ccc(OO)c(C)n1. The summed E-state index contributed by atoms with van der Waals surface area (Å²) in [6.07, 6.45) is 0. The van der Waals surface area contributed by atoms with Crippen LogP contribution in [0.5, 0.6) is 5.75 Å². The van der Waals surface area contributed by atoms with Gasteiger partial charge in [0.1, 0.15) is 0 Å². The standard InChI is InChI=1S/C7H9NO2/c1-5-3-4-7(10-9)6(2)8-5/h3-4,9H,1-2H3. The first-order valence-electron chi connectivity index (χ1n) is 2.99. The van der Waals surface area contributed by atoms with Crippen LogP contribution >= 0.6 is 0 Å². The molecule has 3 heteroatoms. The van der Waals surface area contributed by atoms with Crippen molar-refractivity contribution in [2.45, 2.75) is 13.8 Å². The normalized spacial score (nSPS) is 9.50. The van der Waals surface area contributed by atoms with Crippen molar-refractivity contribution in [1.29, 1.82) is 0 Å². The third-order valence-electron chi connectivity index (χ3n) is 1.27. The van der Waals surface area contributed by atoms with E-state index in [4.69, 9.17) is 5.26 Å². The first kappa shape index (κ1) is 7.02. The minimum absolute atomic E-state index is 0.408. The molecule has 1 heterocycles. The van der Waals surface area contributed by atoms with Gasteiger partial charge in [0.25, 0.3) is 0 Å². The molecule has 0 saturated carbocycles. The minimum Gasteiger partial charge on any atom is -0.338 e. The van der Waals surface area contributed by atoms with Gasteiger partial charge in [0.2, 0.25) is 0 Å². The van der Waals surface area contributed by atoms with Crippen LogP contribution in [-0.4, -0.2) is 10.2 Å². The molecule has 0 fully saturated rings. The molecule has 1 aromatic heterocycles. The highest BCUT2D eigenvalue weighted by atomic mass is 17.1. The fourth-order valence-corrected chi connectivity index (χ4v) is 0.770. The smallest absolute Gasteiger partial charge is 0.186 e. The second-order valence-corrected chi connectivity index (χ2v) is 2.13. The second kappa shape index (κ2) is 2.66. The number of pyridine rings is 1. The van der Waals surface area contributed by atoms with Crippen LogP contribution in [0.15, 0.2) is 12.1 Å². The molecular weight excluding hydrogens is 130 g/mol. The van der Waals surface area contributed by atoms with Crippen molar-refractivity contribution in [1.82, 2.24) is 4.98 Å². The maximum absolute atomic E-state index is 8.27. The Kier molecular flexibility index (Phi) is 1.87. The maximum atomic E-state index is 8.27. The van der Waals surface area contributed by atoms with Gasteiger partial charge in [-0.3, -0.25) is 4.98 Å². The Balaban J connectivity index is 3.07. The molecule has 0 radical (unpaired) electrons. The van der Waals surface area contributed by atoms with E-state index in [2.05, 4.69) is 9.87 Å². The van der Waals surface area contributed by atoms with Crippen molar-refractivity contribution >= 4 is 0 Å². The zero-order valence-electron chi connectivity index (χ0n) is 5.96. The molecule has 10 heavy (non-hydrogen) atoms. The van der Waals surface area contributed by atoms with Crippen LogP contribution in [0, 0.1) is 13.8 Å². The third kappa shape index (κ3) is 1.25. The quantitative estimate of drug-likeness (QED) is 0.474. The van der Waals surface area contributed by atoms with Gasteiger partial charge in [-0.2, -0.15) is 0 Å². The zero-order valence-corrected chi connectivity index (χ0v) is 5.96. The highest BCUT2D eigenvalue weighted by molar-refractivity contribution is 5.27. The molecule has 0 bridgehead atoms. The molecule has 1 aromatic rings. The summed E-state index contributed by atoms with van der Waals surface area (Å²) in [7, 11) is 0. The summed E-state index contributed by atoms with van der Waals surface area (Å²) in [5, 5.41) is 8.27. The molecule has 3 nitrogen and oxygen atoms in total. The Morgan fingerprint density at radius 3 is 2.60 bits per heavy atom. The van der Waals surface area contributed by atoms with Gasteiger partial charge in [-0.25, -0.2) is 5.26 Å². The molecule has 0 spiro atoms. The van der Waals surface area contributed by atoms with Crippen LogP contribution in [0.4, 0.5) is 0 Å². The predicted octanol–water partition coefficient (Wildman–Crippen LogP) is 1.55. The Morgan fingerprint density at radius 2 is 2.10 bits per heavy atom. The molecule has 0 aromatic carbocycles. The molecule has 0 unspecified atom stereocenters. The first-order chi connectivity index (χ1) is 4.74. The van der Waals surface area contributed by atoms with E-state index in [1.165, 1.54) is 0 Å². The van der Waals surface area contributed by atoms with Crippen LogP contribution in [0.25, 0.3) is 0 Å². The van der Waals surface area contributed by atoms with Crippen LogP contribution in [0.1, 0.15) is 11.4 Å². The van der Waals surface area contributed by atoms with Crippen molar-refractivity contribution in [3.05, 3.63) is 23.5 Å². The van der Waals surface area contributed by atoms with Gasteiger partial charge in [-0.15, -0.1) is 0 Å². The maximum Gasteiger partial charge on any atom is 0.186 e. The lowest BCUT2D eigenvalue weighted by Gasteiger charge is -1.99. The van der Waals surface area contributed by atoms with Crippen LogP contribution in [0.2, 0.25) is 0 Å². The number of hydrogen-bond acceptors (Lipinski definition) is 3. The molecular formula is C7H9NO2. The molecule has 0 saturated heterocycles. The topological polar surface area (TPSA) is 42.4 Å². The van der Waals surface area contributed by atoms with Crippen molar-refractivity contribution in [3.8, 4) is 5.75 Å². The summed E-state index contributed by atoms with van der Waals surface area (Å²) in [5.41, 5.74) is 1.61. The number of aryl methyl sites for hydroxylation is 2. The lowest BCUT2D eigenvalue weighted by molar-refractivity contribution is -0.138. The lowest BCUT2D eigenvalue weighted by Crippen LogP contribution is -1.91. The number of hydrogen-bond donors (Lipinski definition) is 1. The number of nitrogens with zero attached hydrogens (tertiary/aromatic N) is 1. The van der Waals surface area contributed by atoms with E-state index in [1.54, 1.807) is 19.1 Å². The van der Waals surface area contributed by atoms with Crippen LogP contribution in [0.3, 0.4) is 0 Å². The molecule has 0 aliphatic rings. The lowest BCUT2D eigenvalue weighted by atomic mass is 10.3.